The van der Waals surface area contributed by atoms with Crippen molar-refractivity contribution in [3.63, 3.8) is 0 Å². The van der Waals surface area contributed by atoms with Crippen LogP contribution in [0.5, 0.6) is 0 Å². The van der Waals surface area contributed by atoms with Crippen molar-refractivity contribution in [3.8, 4) is 0 Å². The van der Waals surface area contributed by atoms with Crippen LogP contribution in [0.1, 0.15) is 16.4 Å². The summed E-state index contributed by atoms with van der Waals surface area (Å²) in [6.07, 6.45) is 0. The number of aliphatic hydroxyl groups excluding tert-OH is 1. The van der Waals surface area contributed by atoms with Crippen LogP contribution in [0.4, 0.5) is 0 Å². The summed E-state index contributed by atoms with van der Waals surface area (Å²) in [5.41, 5.74) is 4.89. The Kier molecular flexibility index (Phi) is 1.86. The van der Waals surface area contributed by atoms with Gasteiger partial charge in [0.1, 0.15) is 6.61 Å². The van der Waals surface area contributed by atoms with Crippen LogP contribution in [0.3, 0.4) is 0 Å². The third kappa shape index (κ3) is 1.35. The van der Waals surface area contributed by atoms with Crippen molar-refractivity contribution in [1.82, 2.24) is 14.8 Å². The maximum absolute atomic E-state index is 10.5. The minimum atomic E-state index is -0.694. The zero-order valence-electron chi connectivity index (χ0n) is 5.98. The fourth-order valence-electron chi connectivity index (χ4n) is 0.659. The molecule has 0 spiro atoms. The van der Waals surface area contributed by atoms with E-state index >= 15 is 0 Å². The predicted octanol–water partition coefficient (Wildman–Crippen LogP) is -1.59. The molecule has 0 aromatic carbocycles. The number of nitrogens with zero attached hydrogens (tertiary/aromatic N) is 3. The lowest BCUT2D eigenvalue weighted by Crippen LogP contribution is -2.13. The van der Waals surface area contributed by atoms with E-state index in [1.165, 1.54) is 4.68 Å². The van der Waals surface area contributed by atoms with Gasteiger partial charge in [-0.2, -0.15) is 0 Å². The molecule has 60 valence electrons. The Labute approximate surface area is 62.6 Å². The molecule has 0 aliphatic carbocycles. The van der Waals surface area contributed by atoms with E-state index in [1.807, 2.05) is 0 Å². The molecule has 1 aromatic rings. The number of primary amides is 1. The summed E-state index contributed by atoms with van der Waals surface area (Å²) in [4.78, 5) is 14.1. The van der Waals surface area contributed by atoms with Crippen molar-refractivity contribution in [2.45, 2.75) is 6.61 Å². The fourth-order valence-corrected chi connectivity index (χ4v) is 0.659. The largest absolute Gasteiger partial charge is 0.388 e. The summed E-state index contributed by atoms with van der Waals surface area (Å²) in [7, 11) is 1.57. The SMILES string of the molecule is Cn1nc(C(N)=O)nc1CO. The second-order valence-corrected chi connectivity index (χ2v) is 2.00. The number of rotatable bonds is 2. The fraction of sp³-hybridized carbons (Fsp3) is 0.400. The number of carbonyl (C=O) groups excluding carboxylic acids is 1. The number of aryl methyl sites for hydroxylation is 1. The first-order valence-corrected chi connectivity index (χ1v) is 2.95. The van der Waals surface area contributed by atoms with E-state index in [9.17, 15) is 4.79 Å². The Balaban J connectivity index is 3.05. The first kappa shape index (κ1) is 7.67. The smallest absolute Gasteiger partial charge is 0.288 e. The average Bonchev–Trinajstić information content (AvgIpc) is 2.31. The maximum Gasteiger partial charge on any atom is 0.288 e. The Morgan fingerprint density at radius 2 is 2.45 bits per heavy atom. The van der Waals surface area contributed by atoms with Gasteiger partial charge in [0.15, 0.2) is 5.82 Å². The highest BCUT2D eigenvalue weighted by Gasteiger charge is 2.09. The number of amides is 1. The number of hydrogen-bond donors (Lipinski definition) is 2. The van der Waals surface area contributed by atoms with Crippen molar-refractivity contribution in [2.24, 2.45) is 12.8 Å². The van der Waals surface area contributed by atoms with Crippen LogP contribution in [0.15, 0.2) is 0 Å². The molecule has 1 amide bonds. The van der Waals surface area contributed by atoms with Crippen LogP contribution >= 0.6 is 0 Å². The van der Waals surface area contributed by atoms with Crippen LogP contribution in [0.2, 0.25) is 0 Å². The predicted molar refractivity (Wildman–Crippen MR) is 35.4 cm³/mol. The summed E-state index contributed by atoms with van der Waals surface area (Å²) in [6, 6.07) is 0. The monoisotopic (exact) mass is 156 g/mol. The third-order valence-electron chi connectivity index (χ3n) is 1.22. The minimum absolute atomic E-state index is 0.0726. The summed E-state index contributed by atoms with van der Waals surface area (Å²) in [5.74, 6) is -0.448. The number of aliphatic hydroxyl groups is 1. The van der Waals surface area contributed by atoms with Gasteiger partial charge in [-0.05, 0) is 0 Å². The third-order valence-corrected chi connectivity index (χ3v) is 1.22. The van der Waals surface area contributed by atoms with Crippen molar-refractivity contribution >= 4 is 5.91 Å². The van der Waals surface area contributed by atoms with Crippen molar-refractivity contribution < 1.29 is 9.90 Å². The van der Waals surface area contributed by atoms with Crippen LogP contribution in [-0.2, 0) is 13.7 Å². The molecular weight excluding hydrogens is 148 g/mol. The molecule has 0 radical (unpaired) electrons. The summed E-state index contributed by atoms with van der Waals surface area (Å²) in [5, 5.41) is 12.3. The number of carbonyl (C=O) groups is 1. The summed E-state index contributed by atoms with van der Waals surface area (Å²) in [6.45, 7) is -0.253. The van der Waals surface area contributed by atoms with Gasteiger partial charge >= 0.3 is 0 Å². The average molecular weight is 156 g/mol. The van der Waals surface area contributed by atoms with E-state index in [0.717, 1.165) is 0 Å². The molecule has 0 fully saturated rings. The molecule has 0 saturated carbocycles. The van der Waals surface area contributed by atoms with Crippen LogP contribution in [0.25, 0.3) is 0 Å². The van der Waals surface area contributed by atoms with E-state index < -0.39 is 5.91 Å². The quantitative estimate of drug-likeness (QED) is 0.539. The Bertz CT molecular complexity index is 280. The van der Waals surface area contributed by atoms with Gasteiger partial charge in [-0.1, -0.05) is 0 Å². The van der Waals surface area contributed by atoms with E-state index in [2.05, 4.69) is 10.1 Å². The Hall–Kier alpha value is -1.43. The lowest BCUT2D eigenvalue weighted by atomic mass is 10.6. The number of hydrogen-bond acceptors (Lipinski definition) is 4. The van der Waals surface area contributed by atoms with Gasteiger partial charge in [0.2, 0.25) is 5.82 Å². The molecule has 6 heteroatoms. The van der Waals surface area contributed by atoms with Crippen LogP contribution in [-0.4, -0.2) is 25.8 Å². The Morgan fingerprint density at radius 1 is 1.82 bits per heavy atom. The van der Waals surface area contributed by atoms with Gasteiger partial charge in [0, 0.05) is 7.05 Å². The van der Waals surface area contributed by atoms with Crippen molar-refractivity contribution in [1.29, 1.82) is 0 Å². The highest BCUT2D eigenvalue weighted by atomic mass is 16.3. The maximum atomic E-state index is 10.5. The first-order valence-electron chi connectivity index (χ1n) is 2.95. The lowest BCUT2D eigenvalue weighted by molar-refractivity contribution is 0.0990. The van der Waals surface area contributed by atoms with E-state index in [4.69, 9.17) is 10.8 Å². The first-order chi connectivity index (χ1) is 5.15. The molecule has 11 heavy (non-hydrogen) atoms. The summed E-state index contributed by atoms with van der Waals surface area (Å²) < 4.78 is 1.31. The van der Waals surface area contributed by atoms with Gasteiger partial charge in [-0.3, -0.25) is 9.48 Å². The molecule has 3 N–H and O–H groups in total. The number of nitrogens with two attached hydrogens (primary N) is 1. The molecule has 0 atom stereocenters. The van der Waals surface area contributed by atoms with E-state index in [1.54, 1.807) is 7.05 Å². The lowest BCUT2D eigenvalue weighted by Gasteiger charge is -1.89. The standard InChI is InChI=1S/C5H8N4O2/c1-9-3(2-10)7-5(8-9)4(6)11/h10H,2H2,1H3,(H2,6,11). The highest BCUT2D eigenvalue weighted by Crippen LogP contribution is 1.94. The molecular formula is C5H8N4O2. The number of aromatic nitrogens is 3. The Morgan fingerprint density at radius 3 is 2.73 bits per heavy atom. The molecule has 0 unspecified atom stereocenters. The van der Waals surface area contributed by atoms with Crippen molar-refractivity contribution in [2.75, 3.05) is 0 Å². The van der Waals surface area contributed by atoms with Crippen molar-refractivity contribution in [3.05, 3.63) is 11.6 Å². The zero-order chi connectivity index (χ0) is 8.43. The second kappa shape index (κ2) is 2.67. The molecule has 1 aromatic heterocycles. The van der Waals surface area contributed by atoms with Gasteiger partial charge in [-0.25, -0.2) is 4.98 Å². The molecule has 0 bridgehead atoms. The van der Waals surface area contributed by atoms with Gasteiger partial charge in [-0.15, -0.1) is 5.10 Å². The zero-order valence-corrected chi connectivity index (χ0v) is 5.98. The van der Waals surface area contributed by atoms with Gasteiger partial charge in [0.25, 0.3) is 5.91 Å². The van der Waals surface area contributed by atoms with Crippen LogP contribution in [0, 0.1) is 0 Å². The van der Waals surface area contributed by atoms with Gasteiger partial charge in [0.05, 0.1) is 0 Å². The molecule has 0 aliphatic rings. The summed E-state index contributed by atoms with van der Waals surface area (Å²) >= 11 is 0. The van der Waals surface area contributed by atoms with E-state index in [-0.39, 0.29) is 12.4 Å². The minimum Gasteiger partial charge on any atom is -0.388 e. The van der Waals surface area contributed by atoms with Crippen LogP contribution < -0.4 is 5.73 Å². The molecule has 6 nitrogen and oxygen atoms in total. The van der Waals surface area contributed by atoms with Gasteiger partial charge < -0.3 is 10.8 Å². The molecule has 1 heterocycles. The molecule has 0 saturated heterocycles. The molecule has 1 rings (SSSR count). The highest BCUT2D eigenvalue weighted by molar-refractivity contribution is 5.88. The topological polar surface area (TPSA) is 94.0 Å². The molecule has 0 aliphatic heterocycles. The second-order valence-electron chi connectivity index (χ2n) is 2.00. The normalized spacial score (nSPS) is 10.0. The van der Waals surface area contributed by atoms with E-state index in [0.29, 0.717) is 5.82 Å².